The second kappa shape index (κ2) is 8.39. The maximum Gasteiger partial charge on any atom is 0.230 e. The van der Waals surface area contributed by atoms with Gasteiger partial charge < -0.3 is 5.32 Å². The number of amides is 1. The Kier molecular flexibility index (Phi) is 6.52. The lowest BCUT2D eigenvalue weighted by atomic mass is 10.0. The van der Waals surface area contributed by atoms with Gasteiger partial charge in [-0.25, -0.2) is 0 Å². The molecule has 0 aliphatic rings. The van der Waals surface area contributed by atoms with Crippen molar-refractivity contribution in [2.24, 2.45) is 0 Å². The van der Waals surface area contributed by atoms with Crippen molar-refractivity contribution in [2.75, 3.05) is 5.75 Å². The number of thioether (sulfide) groups is 1. The van der Waals surface area contributed by atoms with Crippen LogP contribution in [0.3, 0.4) is 0 Å². The molecule has 0 bridgehead atoms. The summed E-state index contributed by atoms with van der Waals surface area (Å²) in [4.78, 5) is 13.2. The summed E-state index contributed by atoms with van der Waals surface area (Å²) in [6.45, 7) is 6.42. The number of thiophene rings is 1. The average molecular weight is 334 g/mol. The third-order valence-corrected chi connectivity index (χ3v) is 5.55. The lowest BCUT2D eigenvalue weighted by molar-refractivity contribution is -0.119. The lowest BCUT2D eigenvalue weighted by Crippen LogP contribution is -2.27. The van der Waals surface area contributed by atoms with Gasteiger partial charge in [-0.3, -0.25) is 4.79 Å². The highest BCUT2D eigenvalue weighted by Gasteiger charge is 2.10. The molecule has 118 valence electrons. The minimum Gasteiger partial charge on any atom is -0.348 e. The zero-order valence-corrected chi connectivity index (χ0v) is 15.0. The van der Waals surface area contributed by atoms with Gasteiger partial charge in [-0.2, -0.15) is 0 Å². The Morgan fingerprint density at radius 3 is 2.50 bits per heavy atom. The summed E-state index contributed by atoms with van der Waals surface area (Å²) >= 11 is 3.34. The van der Waals surface area contributed by atoms with Crippen LogP contribution >= 0.6 is 23.1 Å². The van der Waals surface area contributed by atoms with Crippen LogP contribution in [0, 0.1) is 0 Å². The standard InChI is InChI=1S/C18H23NOS2/c1-13(2)16-8-6-15(7-9-16)11-21-12-18(20)19-14(3)17-5-4-10-22-17/h4-10,13-14H,11-12H2,1-3H3,(H,19,20). The first-order valence-corrected chi connectivity index (χ1v) is 9.59. The number of carbonyl (C=O) groups is 1. The van der Waals surface area contributed by atoms with Gasteiger partial charge in [-0.05, 0) is 35.4 Å². The highest BCUT2D eigenvalue weighted by atomic mass is 32.2. The molecule has 1 amide bonds. The van der Waals surface area contributed by atoms with Gasteiger partial charge in [0, 0.05) is 10.6 Å². The number of nitrogens with one attached hydrogen (secondary N) is 1. The van der Waals surface area contributed by atoms with Gasteiger partial charge in [-0.1, -0.05) is 44.2 Å². The highest BCUT2D eigenvalue weighted by Crippen LogP contribution is 2.20. The van der Waals surface area contributed by atoms with Gasteiger partial charge in [0.1, 0.15) is 0 Å². The van der Waals surface area contributed by atoms with Crippen molar-refractivity contribution in [3.8, 4) is 0 Å². The average Bonchev–Trinajstić information content (AvgIpc) is 3.02. The van der Waals surface area contributed by atoms with Crippen LogP contribution in [0.15, 0.2) is 41.8 Å². The van der Waals surface area contributed by atoms with E-state index >= 15 is 0 Å². The van der Waals surface area contributed by atoms with Crippen LogP contribution < -0.4 is 5.32 Å². The molecule has 1 aromatic heterocycles. The molecule has 2 nitrogen and oxygen atoms in total. The number of hydrogen-bond donors (Lipinski definition) is 1. The smallest absolute Gasteiger partial charge is 0.230 e. The number of benzene rings is 1. The molecule has 22 heavy (non-hydrogen) atoms. The van der Waals surface area contributed by atoms with Crippen LogP contribution in [0.5, 0.6) is 0 Å². The minimum atomic E-state index is 0.0958. The number of hydrogen-bond acceptors (Lipinski definition) is 3. The van der Waals surface area contributed by atoms with E-state index in [1.165, 1.54) is 16.0 Å². The lowest BCUT2D eigenvalue weighted by Gasteiger charge is -2.12. The van der Waals surface area contributed by atoms with E-state index in [4.69, 9.17) is 0 Å². The van der Waals surface area contributed by atoms with Crippen molar-refractivity contribution in [2.45, 2.75) is 38.5 Å². The number of rotatable bonds is 7. The Morgan fingerprint density at radius 2 is 1.91 bits per heavy atom. The molecule has 0 aliphatic heterocycles. The molecule has 0 spiro atoms. The molecule has 0 radical (unpaired) electrons. The Bertz CT molecular complexity index is 576. The predicted molar refractivity (Wildman–Crippen MR) is 97.6 cm³/mol. The third-order valence-electron chi connectivity index (χ3n) is 3.50. The quantitative estimate of drug-likeness (QED) is 0.774. The first-order chi connectivity index (χ1) is 10.6. The van der Waals surface area contributed by atoms with E-state index in [0.29, 0.717) is 11.7 Å². The van der Waals surface area contributed by atoms with Crippen LogP contribution in [0.25, 0.3) is 0 Å². The molecule has 0 aliphatic carbocycles. The summed E-state index contributed by atoms with van der Waals surface area (Å²) in [6, 6.07) is 12.8. The fourth-order valence-electron chi connectivity index (χ4n) is 2.15. The molecule has 2 aromatic rings. The zero-order chi connectivity index (χ0) is 15.9. The summed E-state index contributed by atoms with van der Waals surface area (Å²) < 4.78 is 0. The SMILES string of the molecule is CC(C)c1ccc(CSCC(=O)NC(C)c2cccs2)cc1. The summed E-state index contributed by atoms with van der Waals surface area (Å²) in [5.74, 6) is 2.04. The van der Waals surface area contributed by atoms with Crippen LogP contribution in [-0.4, -0.2) is 11.7 Å². The Labute approximate surface area is 141 Å². The Hall–Kier alpha value is -1.26. The van der Waals surface area contributed by atoms with E-state index < -0.39 is 0 Å². The zero-order valence-electron chi connectivity index (χ0n) is 13.3. The van der Waals surface area contributed by atoms with E-state index in [1.807, 2.05) is 18.4 Å². The summed E-state index contributed by atoms with van der Waals surface area (Å²) in [7, 11) is 0. The van der Waals surface area contributed by atoms with E-state index in [9.17, 15) is 4.79 Å². The van der Waals surface area contributed by atoms with Gasteiger partial charge in [0.05, 0.1) is 11.8 Å². The first-order valence-electron chi connectivity index (χ1n) is 7.55. The van der Waals surface area contributed by atoms with E-state index in [2.05, 4.69) is 49.5 Å². The van der Waals surface area contributed by atoms with Gasteiger partial charge in [-0.15, -0.1) is 23.1 Å². The van der Waals surface area contributed by atoms with Crippen molar-refractivity contribution in [3.05, 3.63) is 57.8 Å². The largest absolute Gasteiger partial charge is 0.348 e. The van der Waals surface area contributed by atoms with E-state index in [1.54, 1.807) is 23.1 Å². The molecule has 1 atom stereocenters. The first kappa shape index (κ1) is 17.1. The van der Waals surface area contributed by atoms with Gasteiger partial charge >= 0.3 is 0 Å². The predicted octanol–water partition coefficient (Wildman–Crippen LogP) is 4.98. The molecule has 1 unspecified atom stereocenters. The van der Waals surface area contributed by atoms with Gasteiger partial charge in [0.25, 0.3) is 0 Å². The normalized spacial score (nSPS) is 12.4. The molecular formula is C18H23NOS2. The van der Waals surface area contributed by atoms with Crippen LogP contribution in [0.4, 0.5) is 0 Å². The molecule has 1 heterocycles. The van der Waals surface area contributed by atoms with Crippen LogP contribution in [0.1, 0.15) is 48.7 Å². The number of carbonyl (C=O) groups excluding carboxylic acids is 1. The van der Waals surface area contributed by atoms with Crippen LogP contribution in [0.2, 0.25) is 0 Å². The summed E-state index contributed by atoms with van der Waals surface area (Å²) in [6.07, 6.45) is 0. The molecule has 0 saturated carbocycles. The maximum absolute atomic E-state index is 12.0. The summed E-state index contributed by atoms with van der Waals surface area (Å²) in [5.41, 5.74) is 2.63. The molecule has 2 rings (SSSR count). The molecule has 4 heteroatoms. The molecule has 0 fully saturated rings. The fourth-order valence-corrected chi connectivity index (χ4v) is 3.69. The molecule has 1 aromatic carbocycles. The van der Waals surface area contributed by atoms with Crippen molar-refractivity contribution >= 4 is 29.0 Å². The topological polar surface area (TPSA) is 29.1 Å². The Balaban J connectivity index is 1.72. The Morgan fingerprint density at radius 1 is 1.18 bits per heavy atom. The van der Waals surface area contributed by atoms with Crippen LogP contribution in [-0.2, 0) is 10.5 Å². The van der Waals surface area contributed by atoms with Crippen molar-refractivity contribution < 1.29 is 4.79 Å². The van der Waals surface area contributed by atoms with E-state index in [0.717, 1.165) is 5.75 Å². The van der Waals surface area contributed by atoms with Crippen molar-refractivity contribution in [1.82, 2.24) is 5.32 Å². The monoisotopic (exact) mass is 333 g/mol. The van der Waals surface area contributed by atoms with Crippen molar-refractivity contribution in [3.63, 3.8) is 0 Å². The summed E-state index contributed by atoms with van der Waals surface area (Å²) in [5, 5.41) is 5.08. The second-order valence-electron chi connectivity index (χ2n) is 5.69. The molecule has 0 saturated heterocycles. The van der Waals surface area contributed by atoms with Gasteiger partial charge in [0.2, 0.25) is 5.91 Å². The molecular weight excluding hydrogens is 310 g/mol. The molecule has 1 N–H and O–H groups in total. The highest BCUT2D eigenvalue weighted by molar-refractivity contribution is 7.99. The van der Waals surface area contributed by atoms with E-state index in [-0.39, 0.29) is 11.9 Å². The van der Waals surface area contributed by atoms with Crippen molar-refractivity contribution in [1.29, 1.82) is 0 Å². The minimum absolute atomic E-state index is 0.0958. The fraction of sp³-hybridized carbons (Fsp3) is 0.389. The van der Waals surface area contributed by atoms with Gasteiger partial charge in [0.15, 0.2) is 0 Å². The maximum atomic E-state index is 12.0. The second-order valence-corrected chi connectivity index (χ2v) is 7.66. The third kappa shape index (κ3) is 5.18.